The third kappa shape index (κ3) is 4.03. The number of guanidine groups is 1. The standard InChI is InChI=1S/C12H14BrN3O/c1-7-3-4-9(10(13)5-7)6-8(2)11(17)16-12(14)15/h3-6H,1-2H3,(H4,14,15,16,17). The first-order valence-corrected chi connectivity index (χ1v) is 5.78. The van der Waals surface area contributed by atoms with Crippen LogP contribution in [0.3, 0.4) is 0 Å². The lowest BCUT2D eigenvalue weighted by atomic mass is 10.1. The average molecular weight is 296 g/mol. The Morgan fingerprint density at radius 3 is 2.59 bits per heavy atom. The van der Waals surface area contributed by atoms with Crippen LogP contribution < -0.4 is 11.5 Å². The normalized spacial score (nSPS) is 11.1. The molecule has 0 aliphatic heterocycles. The van der Waals surface area contributed by atoms with Crippen LogP contribution in [0.25, 0.3) is 6.08 Å². The zero-order valence-corrected chi connectivity index (χ0v) is 11.3. The molecule has 1 aromatic rings. The van der Waals surface area contributed by atoms with E-state index in [-0.39, 0.29) is 5.96 Å². The molecule has 0 aliphatic rings. The molecule has 4 N–H and O–H groups in total. The fraction of sp³-hybridized carbons (Fsp3) is 0.167. The lowest BCUT2D eigenvalue weighted by Gasteiger charge is -2.02. The van der Waals surface area contributed by atoms with Crippen LogP contribution in [-0.4, -0.2) is 11.9 Å². The van der Waals surface area contributed by atoms with E-state index in [0.717, 1.165) is 15.6 Å². The van der Waals surface area contributed by atoms with E-state index in [1.54, 1.807) is 13.0 Å². The topological polar surface area (TPSA) is 81.5 Å². The molecule has 1 amide bonds. The minimum absolute atomic E-state index is 0.231. The van der Waals surface area contributed by atoms with E-state index in [0.29, 0.717) is 5.57 Å². The van der Waals surface area contributed by atoms with Crippen LogP contribution in [-0.2, 0) is 4.79 Å². The molecule has 5 heteroatoms. The predicted molar refractivity (Wildman–Crippen MR) is 73.3 cm³/mol. The van der Waals surface area contributed by atoms with Crippen molar-refractivity contribution >= 4 is 33.9 Å². The van der Waals surface area contributed by atoms with Crippen LogP contribution in [0.15, 0.2) is 33.2 Å². The van der Waals surface area contributed by atoms with E-state index in [1.165, 1.54) is 0 Å². The Balaban J connectivity index is 3.03. The summed E-state index contributed by atoms with van der Waals surface area (Å²) in [7, 11) is 0. The molecule has 1 rings (SSSR count). The van der Waals surface area contributed by atoms with Crippen molar-refractivity contribution in [2.45, 2.75) is 13.8 Å². The molecular formula is C12H14BrN3O. The summed E-state index contributed by atoms with van der Waals surface area (Å²) >= 11 is 3.43. The van der Waals surface area contributed by atoms with Crippen molar-refractivity contribution in [1.29, 1.82) is 0 Å². The molecule has 0 fully saturated rings. The number of hydrogen-bond donors (Lipinski definition) is 2. The largest absolute Gasteiger partial charge is 0.370 e. The molecule has 0 bridgehead atoms. The summed E-state index contributed by atoms with van der Waals surface area (Å²) < 4.78 is 0.925. The number of hydrogen-bond acceptors (Lipinski definition) is 1. The number of aliphatic imine (C=N–C) groups is 1. The Morgan fingerprint density at radius 2 is 2.06 bits per heavy atom. The second-order valence-corrected chi connectivity index (χ2v) is 4.55. The second kappa shape index (κ2) is 5.63. The number of rotatable bonds is 2. The van der Waals surface area contributed by atoms with Gasteiger partial charge in [0.15, 0.2) is 5.96 Å². The Bertz CT molecular complexity index is 502. The lowest BCUT2D eigenvalue weighted by molar-refractivity contribution is -0.114. The number of nitrogens with two attached hydrogens (primary N) is 2. The molecular weight excluding hydrogens is 282 g/mol. The maximum Gasteiger partial charge on any atom is 0.275 e. The van der Waals surface area contributed by atoms with E-state index < -0.39 is 5.91 Å². The SMILES string of the molecule is CC(=Cc1ccc(C)cc1Br)C(=O)N=C(N)N. The van der Waals surface area contributed by atoms with Gasteiger partial charge in [0.25, 0.3) is 5.91 Å². The zero-order chi connectivity index (χ0) is 13.0. The van der Waals surface area contributed by atoms with Gasteiger partial charge < -0.3 is 11.5 Å². The highest BCUT2D eigenvalue weighted by atomic mass is 79.9. The molecule has 0 spiro atoms. The van der Waals surface area contributed by atoms with Crippen molar-refractivity contribution < 1.29 is 4.79 Å². The third-order valence-electron chi connectivity index (χ3n) is 2.10. The molecule has 0 atom stereocenters. The predicted octanol–water partition coefficient (Wildman–Crippen LogP) is 1.96. The summed E-state index contributed by atoms with van der Waals surface area (Å²) in [6, 6.07) is 5.87. The van der Waals surface area contributed by atoms with Gasteiger partial charge in [-0.05, 0) is 37.1 Å². The molecule has 0 saturated heterocycles. The molecule has 0 radical (unpaired) electrons. The fourth-order valence-corrected chi connectivity index (χ4v) is 1.86. The number of nitrogens with zero attached hydrogens (tertiary/aromatic N) is 1. The van der Waals surface area contributed by atoms with Crippen LogP contribution in [0.4, 0.5) is 0 Å². The monoisotopic (exact) mass is 295 g/mol. The third-order valence-corrected chi connectivity index (χ3v) is 2.78. The highest BCUT2D eigenvalue weighted by Crippen LogP contribution is 2.21. The van der Waals surface area contributed by atoms with Gasteiger partial charge >= 0.3 is 0 Å². The van der Waals surface area contributed by atoms with Gasteiger partial charge in [-0.1, -0.05) is 28.1 Å². The van der Waals surface area contributed by atoms with Gasteiger partial charge in [-0.3, -0.25) is 4.79 Å². The molecule has 90 valence electrons. The number of carbonyl (C=O) groups is 1. The summed E-state index contributed by atoms with van der Waals surface area (Å²) in [6.45, 7) is 3.66. The number of halogens is 1. The first-order chi connectivity index (χ1) is 7.90. The number of carbonyl (C=O) groups excluding carboxylic acids is 1. The molecule has 0 aromatic heterocycles. The van der Waals surface area contributed by atoms with Crippen molar-refractivity contribution in [3.05, 3.63) is 39.4 Å². The van der Waals surface area contributed by atoms with Gasteiger partial charge in [0.05, 0.1) is 0 Å². The smallest absolute Gasteiger partial charge is 0.275 e. The highest BCUT2D eigenvalue weighted by Gasteiger charge is 2.04. The van der Waals surface area contributed by atoms with Gasteiger partial charge in [-0.15, -0.1) is 0 Å². The number of amides is 1. The van der Waals surface area contributed by atoms with Gasteiger partial charge in [0.2, 0.25) is 0 Å². The van der Waals surface area contributed by atoms with Crippen molar-refractivity contribution in [2.75, 3.05) is 0 Å². The Hall–Kier alpha value is -1.62. The Labute approximate surface area is 109 Å². The van der Waals surface area contributed by atoms with Crippen molar-refractivity contribution in [3.63, 3.8) is 0 Å². The van der Waals surface area contributed by atoms with E-state index in [9.17, 15) is 4.79 Å². The van der Waals surface area contributed by atoms with Crippen LogP contribution in [0.5, 0.6) is 0 Å². The van der Waals surface area contributed by atoms with Gasteiger partial charge in [0.1, 0.15) is 0 Å². The first-order valence-electron chi connectivity index (χ1n) is 4.98. The fourth-order valence-electron chi connectivity index (χ4n) is 1.25. The summed E-state index contributed by atoms with van der Waals surface area (Å²) in [5.41, 5.74) is 12.8. The minimum Gasteiger partial charge on any atom is -0.370 e. The molecule has 0 aliphatic carbocycles. The van der Waals surface area contributed by atoms with Crippen molar-refractivity contribution in [2.24, 2.45) is 16.5 Å². The Morgan fingerprint density at radius 1 is 1.41 bits per heavy atom. The quantitative estimate of drug-likeness (QED) is 0.497. The average Bonchev–Trinajstić information content (AvgIpc) is 2.21. The minimum atomic E-state index is -0.433. The van der Waals surface area contributed by atoms with Crippen molar-refractivity contribution in [1.82, 2.24) is 0 Å². The molecule has 17 heavy (non-hydrogen) atoms. The maximum absolute atomic E-state index is 11.5. The Kier molecular flexibility index (Phi) is 4.45. The molecule has 0 unspecified atom stereocenters. The van der Waals surface area contributed by atoms with E-state index in [4.69, 9.17) is 11.5 Å². The van der Waals surface area contributed by atoms with E-state index in [2.05, 4.69) is 20.9 Å². The number of aryl methyl sites for hydroxylation is 1. The molecule has 0 saturated carbocycles. The van der Waals surface area contributed by atoms with Crippen LogP contribution in [0, 0.1) is 6.92 Å². The van der Waals surface area contributed by atoms with Gasteiger partial charge in [-0.25, -0.2) is 0 Å². The maximum atomic E-state index is 11.5. The van der Waals surface area contributed by atoms with Crippen LogP contribution in [0.1, 0.15) is 18.1 Å². The van der Waals surface area contributed by atoms with Crippen LogP contribution in [0.2, 0.25) is 0 Å². The molecule has 1 aromatic carbocycles. The first kappa shape index (κ1) is 13.4. The summed E-state index contributed by atoms with van der Waals surface area (Å²) in [5, 5.41) is 0. The summed E-state index contributed by atoms with van der Waals surface area (Å²) in [4.78, 5) is 15.0. The second-order valence-electron chi connectivity index (χ2n) is 3.69. The molecule has 0 heterocycles. The summed E-state index contributed by atoms with van der Waals surface area (Å²) in [6.07, 6.45) is 1.73. The van der Waals surface area contributed by atoms with Gasteiger partial charge in [0, 0.05) is 10.0 Å². The summed E-state index contributed by atoms with van der Waals surface area (Å²) in [5.74, 6) is -0.664. The van der Waals surface area contributed by atoms with Crippen molar-refractivity contribution in [3.8, 4) is 0 Å². The molecule has 4 nitrogen and oxygen atoms in total. The van der Waals surface area contributed by atoms with Gasteiger partial charge in [-0.2, -0.15) is 4.99 Å². The van der Waals surface area contributed by atoms with Crippen LogP contribution >= 0.6 is 15.9 Å². The highest BCUT2D eigenvalue weighted by molar-refractivity contribution is 9.10. The number of benzene rings is 1. The lowest BCUT2D eigenvalue weighted by Crippen LogP contribution is -2.24. The zero-order valence-electron chi connectivity index (χ0n) is 9.70. The van der Waals surface area contributed by atoms with E-state index in [1.807, 2.05) is 25.1 Å². The van der Waals surface area contributed by atoms with E-state index >= 15 is 0 Å².